The molecule has 1 rings (SSSR count). The molecule has 0 atom stereocenters. The predicted octanol–water partition coefficient (Wildman–Crippen LogP) is 1.37. The van der Waals surface area contributed by atoms with Gasteiger partial charge in [0.15, 0.2) is 0 Å². The van der Waals surface area contributed by atoms with Crippen molar-refractivity contribution in [2.24, 2.45) is 5.73 Å². The van der Waals surface area contributed by atoms with E-state index in [0.717, 1.165) is 5.56 Å². The Morgan fingerprint density at radius 2 is 2.25 bits per heavy atom. The number of carbonyl (C=O) groups is 1. The third-order valence-corrected chi connectivity index (χ3v) is 2.49. The molecule has 0 heterocycles. The van der Waals surface area contributed by atoms with Crippen LogP contribution in [0.25, 0.3) is 0 Å². The Balaban J connectivity index is 2.77. The van der Waals surface area contributed by atoms with Gasteiger partial charge in [0.25, 0.3) is 0 Å². The first-order valence-corrected chi connectivity index (χ1v) is 6.45. The minimum atomic E-state index is -0.124. The molecule has 5 nitrogen and oxygen atoms in total. The van der Waals surface area contributed by atoms with Gasteiger partial charge in [-0.15, -0.1) is 0 Å². The van der Waals surface area contributed by atoms with Crippen molar-refractivity contribution in [3.8, 4) is 17.6 Å². The van der Waals surface area contributed by atoms with Gasteiger partial charge in [-0.1, -0.05) is 11.8 Å². The summed E-state index contributed by atoms with van der Waals surface area (Å²) in [6.45, 7) is 3.18. The molecule has 108 valence electrons. The summed E-state index contributed by atoms with van der Waals surface area (Å²) in [7, 11) is 1.55. The average molecular weight is 276 g/mol. The quantitative estimate of drug-likeness (QED) is 0.608. The molecule has 0 saturated heterocycles. The Kier molecular flexibility index (Phi) is 7.18. The standard InChI is InChI=1S/C15H20N2O3/c1-3-20-10-8-15(18)17-13-11-12(5-4-9-16)6-7-14(13)19-2/h6-7,11H,3,8-10,16H2,1-2H3,(H,17,18). The first-order valence-electron chi connectivity index (χ1n) is 6.45. The highest BCUT2D eigenvalue weighted by Crippen LogP contribution is 2.25. The molecule has 0 aliphatic carbocycles. The molecule has 1 aromatic rings. The second-order valence-corrected chi connectivity index (χ2v) is 3.92. The lowest BCUT2D eigenvalue weighted by Gasteiger charge is -2.10. The minimum absolute atomic E-state index is 0.124. The molecule has 0 aliphatic heterocycles. The highest BCUT2D eigenvalue weighted by atomic mass is 16.5. The van der Waals surface area contributed by atoms with Crippen LogP contribution >= 0.6 is 0 Å². The van der Waals surface area contributed by atoms with Crippen LogP contribution in [0.1, 0.15) is 18.9 Å². The first-order chi connectivity index (χ1) is 9.71. The normalized spacial score (nSPS) is 9.55. The van der Waals surface area contributed by atoms with Crippen molar-refractivity contribution in [1.29, 1.82) is 0 Å². The summed E-state index contributed by atoms with van der Waals surface area (Å²) in [5.41, 5.74) is 6.71. The molecule has 3 N–H and O–H groups in total. The van der Waals surface area contributed by atoms with Gasteiger partial charge in [-0.05, 0) is 25.1 Å². The summed E-state index contributed by atoms with van der Waals surface area (Å²) in [6.07, 6.45) is 0.301. The predicted molar refractivity (Wildman–Crippen MR) is 78.7 cm³/mol. The van der Waals surface area contributed by atoms with E-state index in [1.807, 2.05) is 13.0 Å². The average Bonchev–Trinajstić information content (AvgIpc) is 2.45. The lowest BCUT2D eigenvalue weighted by atomic mass is 10.2. The van der Waals surface area contributed by atoms with Crippen LogP contribution in [0.2, 0.25) is 0 Å². The van der Waals surface area contributed by atoms with E-state index >= 15 is 0 Å². The molecule has 0 saturated carbocycles. The fraction of sp³-hybridized carbons (Fsp3) is 0.400. The summed E-state index contributed by atoms with van der Waals surface area (Å²) in [4.78, 5) is 11.8. The van der Waals surface area contributed by atoms with Crippen LogP contribution in [0.4, 0.5) is 5.69 Å². The zero-order valence-corrected chi connectivity index (χ0v) is 11.9. The van der Waals surface area contributed by atoms with Crippen LogP contribution in [0.3, 0.4) is 0 Å². The van der Waals surface area contributed by atoms with Crippen LogP contribution in [0.5, 0.6) is 5.75 Å². The number of benzene rings is 1. The SMILES string of the molecule is CCOCCC(=O)Nc1cc(C#CCN)ccc1OC. The molecule has 0 aromatic heterocycles. The summed E-state index contributed by atoms with van der Waals surface area (Å²) < 4.78 is 10.4. The molecular weight excluding hydrogens is 256 g/mol. The lowest BCUT2D eigenvalue weighted by Crippen LogP contribution is -2.14. The Morgan fingerprint density at radius 3 is 2.90 bits per heavy atom. The Bertz CT molecular complexity index is 504. The van der Waals surface area contributed by atoms with Crippen molar-refractivity contribution in [1.82, 2.24) is 0 Å². The second kappa shape index (κ2) is 8.97. The maximum absolute atomic E-state index is 11.8. The largest absolute Gasteiger partial charge is 0.495 e. The molecule has 0 aliphatic rings. The van der Waals surface area contributed by atoms with Crippen LogP contribution in [0.15, 0.2) is 18.2 Å². The number of nitrogens with one attached hydrogen (secondary N) is 1. The number of nitrogens with two attached hydrogens (primary N) is 1. The van der Waals surface area contributed by atoms with Crippen molar-refractivity contribution < 1.29 is 14.3 Å². The van der Waals surface area contributed by atoms with Crippen molar-refractivity contribution in [3.63, 3.8) is 0 Å². The molecule has 5 heteroatoms. The van der Waals surface area contributed by atoms with Crippen LogP contribution in [-0.4, -0.2) is 32.8 Å². The summed E-state index contributed by atoms with van der Waals surface area (Å²) in [5, 5.41) is 2.79. The van der Waals surface area contributed by atoms with Crippen LogP contribution in [-0.2, 0) is 9.53 Å². The Labute approximate surface area is 119 Å². The summed E-state index contributed by atoms with van der Waals surface area (Å²) in [5.74, 6) is 6.15. The Hall–Kier alpha value is -2.03. The Morgan fingerprint density at radius 1 is 1.45 bits per heavy atom. The number of methoxy groups -OCH3 is 1. The number of anilines is 1. The number of hydrogen-bond acceptors (Lipinski definition) is 4. The van der Waals surface area contributed by atoms with E-state index in [-0.39, 0.29) is 5.91 Å². The molecule has 1 aromatic carbocycles. The zero-order valence-electron chi connectivity index (χ0n) is 11.9. The minimum Gasteiger partial charge on any atom is -0.495 e. The van der Waals surface area contributed by atoms with Gasteiger partial charge in [-0.25, -0.2) is 0 Å². The third kappa shape index (κ3) is 5.31. The highest BCUT2D eigenvalue weighted by Gasteiger charge is 2.08. The molecule has 1 amide bonds. The van der Waals surface area contributed by atoms with Gasteiger partial charge < -0.3 is 20.5 Å². The van der Waals surface area contributed by atoms with Crippen molar-refractivity contribution >= 4 is 11.6 Å². The van der Waals surface area contributed by atoms with Crippen molar-refractivity contribution in [2.45, 2.75) is 13.3 Å². The smallest absolute Gasteiger partial charge is 0.226 e. The van der Waals surface area contributed by atoms with E-state index in [2.05, 4.69) is 17.2 Å². The second-order valence-electron chi connectivity index (χ2n) is 3.92. The van der Waals surface area contributed by atoms with Gasteiger partial charge in [0.1, 0.15) is 5.75 Å². The monoisotopic (exact) mass is 276 g/mol. The number of carbonyl (C=O) groups excluding carboxylic acids is 1. The number of hydrogen-bond donors (Lipinski definition) is 2. The third-order valence-electron chi connectivity index (χ3n) is 2.49. The molecular formula is C15H20N2O3. The number of ether oxygens (including phenoxy) is 2. The molecule has 0 fully saturated rings. The number of rotatable bonds is 6. The fourth-order valence-electron chi connectivity index (χ4n) is 1.56. The van der Waals surface area contributed by atoms with Gasteiger partial charge in [-0.3, -0.25) is 4.79 Å². The topological polar surface area (TPSA) is 73.6 Å². The van der Waals surface area contributed by atoms with E-state index in [1.54, 1.807) is 19.2 Å². The van der Waals surface area contributed by atoms with E-state index in [1.165, 1.54) is 0 Å². The molecule has 0 radical (unpaired) electrons. The van der Waals surface area contributed by atoms with Gasteiger partial charge in [0, 0.05) is 12.2 Å². The molecule has 20 heavy (non-hydrogen) atoms. The summed E-state index contributed by atoms with van der Waals surface area (Å²) in [6, 6.07) is 5.34. The highest BCUT2D eigenvalue weighted by molar-refractivity contribution is 5.92. The van der Waals surface area contributed by atoms with Crippen LogP contribution < -0.4 is 15.8 Å². The van der Waals surface area contributed by atoms with Gasteiger partial charge in [0.2, 0.25) is 5.91 Å². The zero-order chi connectivity index (χ0) is 14.8. The maximum atomic E-state index is 11.8. The van der Waals surface area contributed by atoms with Crippen molar-refractivity contribution in [2.75, 3.05) is 32.2 Å². The summed E-state index contributed by atoms with van der Waals surface area (Å²) >= 11 is 0. The lowest BCUT2D eigenvalue weighted by molar-refractivity contribution is -0.117. The van der Waals surface area contributed by atoms with Crippen LogP contribution in [0, 0.1) is 11.8 Å². The van der Waals surface area contributed by atoms with E-state index in [4.69, 9.17) is 15.2 Å². The van der Waals surface area contributed by atoms with Gasteiger partial charge >= 0.3 is 0 Å². The molecule has 0 unspecified atom stereocenters. The fourth-order valence-corrected chi connectivity index (χ4v) is 1.56. The van der Waals surface area contributed by atoms with E-state index in [9.17, 15) is 4.79 Å². The molecule has 0 bridgehead atoms. The number of amides is 1. The van der Waals surface area contributed by atoms with E-state index < -0.39 is 0 Å². The van der Waals surface area contributed by atoms with E-state index in [0.29, 0.717) is 37.6 Å². The van der Waals surface area contributed by atoms with Gasteiger partial charge in [0.05, 0.1) is 32.4 Å². The molecule has 0 spiro atoms. The maximum Gasteiger partial charge on any atom is 0.226 e. The van der Waals surface area contributed by atoms with Crippen molar-refractivity contribution in [3.05, 3.63) is 23.8 Å². The van der Waals surface area contributed by atoms with Gasteiger partial charge in [-0.2, -0.15) is 0 Å². The first kappa shape index (κ1) is 16.0.